The van der Waals surface area contributed by atoms with Gasteiger partial charge in [-0.2, -0.15) is 0 Å². The van der Waals surface area contributed by atoms with Crippen LogP contribution in [0.1, 0.15) is 36.2 Å². The van der Waals surface area contributed by atoms with Crippen LogP contribution in [0, 0.1) is 19.7 Å². The molecule has 1 amide bonds. The van der Waals surface area contributed by atoms with Crippen molar-refractivity contribution in [3.8, 4) is 17.1 Å². The Morgan fingerprint density at radius 2 is 1.93 bits per heavy atom. The van der Waals surface area contributed by atoms with E-state index in [0.29, 0.717) is 22.8 Å². The minimum Gasteiger partial charge on any atom is -0.483 e. The van der Waals surface area contributed by atoms with E-state index in [9.17, 15) is 9.18 Å². The Balaban J connectivity index is 1.50. The van der Waals surface area contributed by atoms with Gasteiger partial charge in [-0.3, -0.25) is 4.79 Å². The lowest BCUT2D eigenvalue weighted by molar-refractivity contribution is -0.118. The summed E-state index contributed by atoms with van der Waals surface area (Å²) in [6, 6.07) is 10.3. The lowest BCUT2D eigenvalue weighted by Crippen LogP contribution is -2.20. The number of benzene rings is 2. The zero-order valence-corrected chi connectivity index (χ0v) is 17.2. The second kappa shape index (κ2) is 8.65. The Labute approximate surface area is 175 Å². The number of hydrogen-bond donors (Lipinski definition) is 1. The number of aryl methyl sites for hydroxylation is 3. The molecule has 0 atom stereocenters. The Kier molecular flexibility index (Phi) is 5.79. The number of carbonyl (C=O) groups is 1. The molecule has 0 bridgehead atoms. The molecule has 30 heavy (non-hydrogen) atoms. The van der Waals surface area contributed by atoms with Crippen LogP contribution in [0.2, 0.25) is 0 Å². The fourth-order valence-electron chi connectivity index (χ4n) is 3.82. The number of para-hydroxylation sites is 1. The first-order chi connectivity index (χ1) is 14.5. The average Bonchev–Trinajstić information content (AvgIpc) is 2.96. The molecule has 0 fully saturated rings. The Hall–Kier alpha value is -3.22. The summed E-state index contributed by atoms with van der Waals surface area (Å²) in [7, 11) is 0. The number of fused-ring (bicyclic) bond motifs is 1. The predicted molar refractivity (Wildman–Crippen MR) is 113 cm³/mol. The molecule has 7 heteroatoms. The summed E-state index contributed by atoms with van der Waals surface area (Å²) in [5.74, 6) is 1.40. The van der Waals surface area contributed by atoms with Gasteiger partial charge in [-0.15, -0.1) is 10.2 Å². The minimum atomic E-state index is -0.390. The van der Waals surface area contributed by atoms with Gasteiger partial charge in [-0.1, -0.05) is 24.6 Å². The van der Waals surface area contributed by atoms with Crippen LogP contribution in [0.4, 0.5) is 10.1 Å². The van der Waals surface area contributed by atoms with Crippen molar-refractivity contribution in [3.63, 3.8) is 0 Å². The molecule has 1 N–H and O–H groups in total. The zero-order chi connectivity index (χ0) is 21.1. The molecule has 0 aliphatic carbocycles. The summed E-state index contributed by atoms with van der Waals surface area (Å²) in [5.41, 5.74) is 2.77. The SMILES string of the molecule is Cc1cccc(C)c1OCC(=O)Nc1ccc(F)c(-c2nnc3n2CCCCC3)c1. The van der Waals surface area contributed by atoms with Crippen LogP contribution < -0.4 is 10.1 Å². The number of hydrogen-bond acceptors (Lipinski definition) is 4. The number of rotatable bonds is 5. The first kappa shape index (κ1) is 20.1. The quantitative estimate of drug-likeness (QED) is 0.677. The van der Waals surface area contributed by atoms with E-state index in [1.807, 2.05) is 36.6 Å². The fraction of sp³-hybridized carbons (Fsp3) is 0.348. The highest BCUT2D eigenvalue weighted by molar-refractivity contribution is 5.92. The zero-order valence-electron chi connectivity index (χ0n) is 17.2. The van der Waals surface area contributed by atoms with Crippen molar-refractivity contribution in [3.05, 3.63) is 59.2 Å². The van der Waals surface area contributed by atoms with Crippen molar-refractivity contribution in [2.75, 3.05) is 11.9 Å². The van der Waals surface area contributed by atoms with Gasteiger partial charge in [0.2, 0.25) is 0 Å². The average molecular weight is 408 g/mol. The second-order valence-corrected chi connectivity index (χ2v) is 7.65. The van der Waals surface area contributed by atoms with E-state index in [-0.39, 0.29) is 18.3 Å². The van der Waals surface area contributed by atoms with Gasteiger partial charge >= 0.3 is 0 Å². The summed E-state index contributed by atoms with van der Waals surface area (Å²) in [5, 5.41) is 11.3. The summed E-state index contributed by atoms with van der Waals surface area (Å²) < 4.78 is 22.3. The molecule has 1 aliphatic heterocycles. The van der Waals surface area contributed by atoms with Crippen LogP contribution in [-0.2, 0) is 17.8 Å². The summed E-state index contributed by atoms with van der Waals surface area (Å²) in [6.07, 6.45) is 4.06. The molecule has 2 aromatic carbocycles. The molecule has 0 unspecified atom stereocenters. The third-order valence-corrected chi connectivity index (χ3v) is 5.36. The third-order valence-electron chi connectivity index (χ3n) is 5.36. The molecule has 156 valence electrons. The van der Waals surface area contributed by atoms with Crippen molar-refractivity contribution in [1.29, 1.82) is 0 Å². The van der Waals surface area contributed by atoms with Crippen LogP contribution in [0.15, 0.2) is 36.4 Å². The third kappa shape index (κ3) is 4.20. The Morgan fingerprint density at radius 1 is 1.13 bits per heavy atom. The molecular formula is C23H25FN4O2. The number of amides is 1. The number of carbonyl (C=O) groups excluding carboxylic acids is 1. The number of anilines is 1. The predicted octanol–water partition coefficient (Wildman–Crippen LogP) is 4.44. The minimum absolute atomic E-state index is 0.126. The molecule has 0 radical (unpaired) electrons. The van der Waals surface area contributed by atoms with Gasteiger partial charge < -0.3 is 14.6 Å². The number of aromatic nitrogens is 3. The maximum atomic E-state index is 14.6. The Bertz CT molecular complexity index is 1060. The lowest BCUT2D eigenvalue weighted by atomic mass is 10.1. The van der Waals surface area contributed by atoms with E-state index in [4.69, 9.17) is 4.74 Å². The topological polar surface area (TPSA) is 69.0 Å². The van der Waals surface area contributed by atoms with Crippen molar-refractivity contribution >= 4 is 11.6 Å². The molecule has 0 spiro atoms. The van der Waals surface area contributed by atoms with E-state index < -0.39 is 0 Å². The van der Waals surface area contributed by atoms with Gasteiger partial charge in [-0.25, -0.2) is 4.39 Å². The number of ether oxygens (including phenoxy) is 1. The van der Waals surface area contributed by atoms with E-state index in [2.05, 4.69) is 15.5 Å². The number of halogens is 1. The molecule has 4 rings (SSSR count). The van der Waals surface area contributed by atoms with E-state index in [1.165, 1.54) is 12.1 Å². The van der Waals surface area contributed by atoms with Gasteiger partial charge in [0.25, 0.3) is 5.91 Å². The van der Waals surface area contributed by atoms with Gasteiger partial charge in [0.1, 0.15) is 17.4 Å². The molecule has 1 aromatic heterocycles. The first-order valence-corrected chi connectivity index (χ1v) is 10.2. The van der Waals surface area contributed by atoms with Gasteiger partial charge in [-0.05, 0) is 56.0 Å². The normalized spacial score (nSPS) is 13.4. The van der Waals surface area contributed by atoms with Crippen molar-refractivity contribution in [1.82, 2.24) is 14.8 Å². The smallest absolute Gasteiger partial charge is 0.262 e. The maximum absolute atomic E-state index is 14.6. The number of nitrogens with zero attached hydrogens (tertiary/aromatic N) is 3. The van der Waals surface area contributed by atoms with Gasteiger partial charge in [0.05, 0.1) is 5.56 Å². The largest absolute Gasteiger partial charge is 0.483 e. The van der Waals surface area contributed by atoms with Crippen LogP contribution in [0.3, 0.4) is 0 Å². The maximum Gasteiger partial charge on any atom is 0.262 e. The second-order valence-electron chi connectivity index (χ2n) is 7.65. The molecule has 3 aromatic rings. The van der Waals surface area contributed by atoms with E-state index in [0.717, 1.165) is 49.2 Å². The first-order valence-electron chi connectivity index (χ1n) is 10.2. The molecule has 2 heterocycles. The Morgan fingerprint density at radius 3 is 2.73 bits per heavy atom. The van der Waals surface area contributed by atoms with E-state index in [1.54, 1.807) is 6.07 Å². The summed E-state index contributed by atoms with van der Waals surface area (Å²) in [6.45, 7) is 4.53. The van der Waals surface area contributed by atoms with Gasteiger partial charge in [0.15, 0.2) is 12.4 Å². The van der Waals surface area contributed by atoms with Crippen LogP contribution in [0.5, 0.6) is 5.75 Å². The summed E-state index contributed by atoms with van der Waals surface area (Å²) >= 11 is 0. The molecule has 1 aliphatic rings. The van der Waals surface area contributed by atoms with Crippen molar-refractivity contribution in [2.45, 2.75) is 46.1 Å². The molecular weight excluding hydrogens is 383 g/mol. The lowest BCUT2D eigenvalue weighted by Gasteiger charge is -2.13. The highest BCUT2D eigenvalue weighted by atomic mass is 19.1. The highest BCUT2D eigenvalue weighted by Gasteiger charge is 2.19. The summed E-state index contributed by atoms with van der Waals surface area (Å²) in [4.78, 5) is 12.4. The van der Waals surface area contributed by atoms with Crippen molar-refractivity contribution < 1.29 is 13.9 Å². The number of nitrogens with one attached hydrogen (secondary N) is 1. The highest BCUT2D eigenvalue weighted by Crippen LogP contribution is 2.28. The monoisotopic (exact) mass is 408 g/mol. The van der Waals surface area contributed by atoms with Gasteiger partial charge in [0, 0.05) is 18.7 Å². The molecule has 0 saturated heterocycles. The van der Waals surface area contributed by atoms with Crippen molar-refractivity contribution in [2.24, 2.45) is 0 Å². The van der Waals surface area contributed by atoms with Crippen LogP contribution in [0.25, 0.3) is 11.4 Å². The van der Waals surface area contributed by atoms with Crippen LogP contribution >= 0.6 is 0 Å². The standard InChI is InChI=1S/C23H25FN4O2/c1-15-7-6-8-16(2)22(15)30-14-21(29)25-17-10-11-19(24)18(13-17)23-27-26-20-9-4-3-5-12-28(20)23/h6-8,10-11,13H,3-5,9,12,14H2,1-2H3,(H,25,29). The van der Waals surface area contributed by atoms with Crippen LogP contribution in [-0.4, -0.2) is 27.3 Å². The molecule has 6 nitrogen and oxygen atoms in total. The van der Waals surface area contributed by atoms with E-state index >= 15 is 0 Å². The molecule has 0 saturated carbocycles. The fourth-order valence-corrected chi connectivity index (χ4v) is 3.82.